The third-order valence-electron chi connectivity index (χ3n) is 5.55. The van der Waals surface area contributed by atoms with Crippen LogP contribution >= 0.6 is 0 Å². The number of carboxylic acid groups (broad SMARTS) is 1. The number of hydrogen-bond donors (Lipinski definition) is 2. The van der Waals surface area contributed by atoms with Crippen LogP contribution in [0.15, 0.2) is 0 Å². The maximum Gasteiger partial charge on any atom is 0.306 e. The summed E-state index contributed by atoms with van der Waals surface area (Å²) in [5.41, 5.74) is 0.427. The first-order valence-corrected chi connectivity index (χ1v) is 7.31. The van der Waals surface area contributed by atoms with Crippen LogP contribution in [0.1, 0.15) is 38.5 Å². The summed E-state index contributed by atoms with van der Waals surface area (Å²) in [7, 11) is 0. The van der Waals surface area contributed by atoms with Gasteiger partial charge in [-0.05, 0) is 57.0 Å². The van der Waals surface area contributed by atoms with Crippen molar-refractivity contribution in [3.8, 4) is 0 Å². The van der Waals surface area contributed by atoms with Gasteiger partial charge >= 0.3 is 5.97 Å². The number of likely N-dealkylation sites (tertiary alicyclic amines) is 1. The zero-order chi connectivity index (χ0) is 13.5. The number of hydrogen-bond acceptors (Lipinski definition) is 3. The van der Waals surface area contributed by atoms with E-state index in [1.165, 1.54) is 12.8 Å². The van der Waals surface area contributed by atoms with Crippen molar-refractivity contribution < 1.29 is 14.7 Å². The number of amides is 1. The van der Waals surface area contributed by atoms with Crippen molar-refractivity contribution in [3.63, 3.8) is 0 Å². The molecule has 1 aliphatic heterocycles. The van der Waals surface area contributed by atoms with Crippen LogP contribution in [0.5, 0.6) is 0 Å². The molecule has 0 aromatic heterocycles. The minimum absolute atomic E-state index is 0.141. The standard InChI is InChI=1S/C14H22N2O3/c17-9-15-11-7-14(8-11)4-1-12(14)16-5-2-10(3-6-16)13(18)19/h9-12H,1-8H2,(H,15,17)(H,18,19). The Balaban J connectivity index is 1.51. The first kappa shape index (κ1) is 12.9. The molecule has 3 aliphatic rings. The van der Waals surface area contributed by atoms with E-state index in [0.29, 0.717) is 17.5 Å². The Hall–Kier alpha value is -1.10. The number of carbonyl (C=O) groups is 2. The largest absolute Gasteiger partial charge is 0.481 e. The molecule has 19 heavy (non-hydrogen) atoms. The molecule has 1 atom stereocenters. The normalized spacial score (nSPS) is 39.4. The average Bonchev–Trinajstić information content (AvgIpc) is 2.32. The van der Waals surface area contributed by atoms with Crippen LogP contribution in [-0.4, -0.2) is 47.6 Å². The highest BCUT2D eigenvalue weighted by Gasteiger charge is 2.57. The summed E-state index contributed by atoms with van der Waals surface area (Å²) in [4.78, 5) is 23.9. The van der Waals surface area contributed by atoms with E-state index in [1.807, 2.05) is 0 Å². The van der Waals surface area contributed by atoms with Gasteiger partial charge in [-0.1, -0.05) is 0 Å². The molecule has 1 saturated heterocycles. The van der Waals surface area contributed by atoms with Gasteiger partial charge in [-0.25, -0.2) is 0 Å². The number of carbonyl (C=O) groups excluding carboxylic acids is 1. The minimum atomic E-state index is -0.637. The molecule has 106 valence electrons. The maximum atomic E-state index is 11.0. The molecule has 5 nitrogen and oxygen atoms in total. The molecule has 0 bridgehead atoms. The Morgan fingerprint density at radius 3 is 2.42 bits per heavy atom. The van der Waals surface area contributed by atoms with Gasteiger partial charge in [0.2, 0.25) is 6.41 Å². The molecule has 1 unspecified atom stereocenters. The topological polar surface area (TPSA) is 69.6 Å². The molecular weight excluding hydrogens is 244 g/mol. The fraction of sp³-hybridized carbons (Fsp3) is 0.857. The first-order valence-electron chi connectivity index (χ1n) is 7.31. The highest BCUT2D eigenvalue weighted by atomic mass is 16.4. The molecule has 0 radical (unpaired) electrons. The van der Waals surface area contributed by atoms with Crippen LogP contribution < -0.4 is 5.32 Å². The van der Waals surface area contributed by atoms with E-state index in [0.717, 1.165) is 45.2 Å². The molecule has 2 N–H and O–H groups in total. The zero-order valence-corrected chi connectivity index (χ0v) is 11.2. The number of carboxylic acids is 1. The van der Waals surface area contributed by atoms with Crippen LogP contribution in [-0.2, 0) is 9.59 Å². The van der Waals surface area contributed by atoms with Crippen molar-refractivity contribution >= 4 is 12.4 Å². The summed E-state index contributed by atoms with van der Waals surface area (Å²) in [6, 6.07) is 1.00. The third kappa shape index (κ3) is 2.14. The Kier molecular flexibility index (Phi) is 3.25. The number of piperidine rings is 1. The second-order valence-corrected chi connectivity index (χ2v) is 6.46. The van der Waals surface area contributed by atoms with E-state index in [9.17, 15) is 9.59 Å². The molecule has 0 aromatic carbocycles. The fourth-order valence-corrected chi connectivity index (χ4v) is 4.32. The van der Waals surface area contributed by atoms with Gasteiger partial charge in [-0.3, -0.25) is 14.5 Å². The molecular formula is C14H22N2O3. The Labute approximate surface area is 113 Å². The van der Waals surface area contributed by atoms with Crippen LogP contribution in [0.2, 0.25) is 0 Å². The maximum absolute atomic E-state index is 11.0. The second-order valence-electron chi connectivity index (χ2n) is 6.46. The van der Waals surface area contributed by atoms with Gasteiger partial charge < -0.3 is 10.4 Å². The van der Waals surface area contributed by atoms with Crippen molar-refractivity contribution in [1.82, 2.24) is 10.2 Å². The SMILES string of the molecule is O=CNC1CC2(CCC2N2CCC(C(=O)O)CC2)C1. The predicted octanol–water partition coefficient (Wildman–Crippen LogP) is 0.840. The lowest BCUT2D eigenvalue weighted by molar-refractivity contribution is -0.146. The predicted molar refractivity (Wildman–Crippen MR) is 69.6 cm³/mol. The zero-order valence-electron chi connectivity index (χ0n) is 11.2. The lowest BCUT2D eigenvalue weighted by Gasteiger charge is -2.62. The Morgan fingerprint density at radius 2 is 1.95 bits per heavy atom. The quantitative estimate of drug-likeness (QED) is 0.740. The molecule has 5 heteroatoms. The van der Waals surface area contributed by atoms with Crippen molar-refractivity contribution in [2.24, 2.45) is 11.3 Å². The van der Waals surface area contributed by atoms with Gasteiger partial charge in [-0.2, -0.15) is 0 Å². The molecule has 3 rings (SSSR count). The lowest BCUT2D eigenvalue weighted by Crippen LogP contribution is -2.65. The fourth-order valence-electron chi connectivity index (χ4n) is 4.32. The summed E-state index contributed by atoms with van der Waals surface area (Å²) in [5.74, 6) is -0.778. The van der Waals surface area contributed by atoms with Crippen molar-refractivity contribution in [3.05, 3.63) is 0 Å². The molecule has 1 spiro atoms. The first-order chi connectivity index (χ1) is 9.14. The van der Waals surface area contributed by atoms with Crippen LogP contribution in [0.4, 0.5) is 0 Å². The average molecular weight is 266 g/mol. The molecule has 0 aromatic rings. The van der Waals surface area contributed by atoms with Crippen LogP contribution in [0.25, 0.3) is 0 Å². The van der Waals surface area contributed by atoms with Gasteiger partial charge in [-0.15, -0.1) is 0 Å². The molecule has 1 heterocycles. The van der Waals surface area contributed by atoms with Gasteiger partial charge in [0.25, 0.3) is 0 Å². The van der Waals surface area contributed by atoms with E-state index in [2.05, 4.69) is 10.2 Å². The molecule has 3 fully saturated rings. The van der Waals surface area contributed by atoms with Crippen molar-refractivity contribution in [1.29, 1.82) is 0 Å². The third-order valence-corrected chi connectivity index (χ3v) is 5.55. The Bertz CT molecular complexity index is 371. The van der Waals surface area contributed by atoms with Crippen molar-refractivity contribution in [2.75, 3.05) is 13.1 Å². The van der Waals surface area contributed by atoms with E-state index >= 15 is 0 Å². The Morgan fingerprint density at radius 1 is 1.26 bits per heavy atom. The summed E-state index contributed by atoms with van der Waals surface area (Å²) in [6.07, 6.45) is 7.11. The summed E-state index contributed by atoms with van der Waals surface area (Å²) in [6.45, 7) is 1.85. The monoisotopic (exact) mass is 266 g/mol. The van der Waals surface area contributed by atoms with Gasteiger partial charge in [0.1, 0.15) is 0 Å². The van der Waals surface area contributed by atoms with Gasteiger partial charge in [0.05, 0.1) is 5.92 Å². The number of rotatable bonds is 4. The molecule has 1 amide bonds. The molecule has 2 aliphatic carbocycles. The highest BCUT2D eigenvalue weighted by Crippen LogP contribution is 2.58. The van der Waals surface area contributed by atoms with Crippen LogP contribution in [0, 0.1) is 11.3 Å². The summed E-state index contributed by atoms with van der Waals surface area (Å²) < 4.78 is 0. The van der Waals surface area contributed by atoms with Crippen molar-refractivity contribution in [2.45, 2.75) is 50.6 Å². The number of aliphatic carboxylic acids is 1. The summed E-state index contributed by atoms with van der Waals surface area (Å²) in [5, 5.41) is 11.9. The lowest BCUT2D eigenvalue weighted by atomic mass is 9.50. The number of nitrogens with one attached hydrogen (secondary N) is 1. The minimum Gasteiger partial charge on any atom is -0.481 e. The van der Waals surface area contributed by atoms with Gasteiger partial charge in [0.15, 0.2) is 0 Å². The number of nitrogens with zero attached hydrogens (tertiary/aromatic N) is 1. The van der Waals surface area contributed by atoms with Gasteiger partial charge in [0, 0.05) is 12.1 Å². The van der Waals surface area contributed by atoms with E-state index < -0.39 is 5.97 Å². The van der Waals surface area contributed by atoms with Crippen LogP contribution in [0.3, 0.4) is 0 Å². The second kappa shape index (κ2) is 4.78. The van der Waals surface area contributed by atoms with E-state index in [1.54, 1.807) is 0 Å². The summed E-state index contributed by atoms with van der Waals surface area (Å²) >= 11 is 0. The highest BCUT2D eigenvalue weighted by molar-refractivity contribution is 5.70. The van der Waals surface area contributed by atoms with E-state index in [4.69, 9.17) is 5.11 Å². The molecule has 2 saturated carbocycles. The smallest absolute Gasteiger partial charge is 0.306 e. The van der Waals surface area contributed by atoms with E-state index in [-0.39, 0.29) is 5.92 Å².